The summed E-state index contributed by atoms with van der Waals surface area (Å²) in [6.45, 7) is 3.49. The molecule has 0 saturated carbocycles. The number of nitrogens with zero attached hydrogens (tertiary/aromatic N) is 1. The highest BCUT2D eigenvalue weighted by atomic mass is 16.2. The van der Waals surface area contributed by atoms with Crippen molar-refractivity contribution in [2.45, 2.75) is 19.8 Å². The van der Waals surface area contributed by atoms with Crippen molar-refractivity contribution in [1.29, 1.82) is 0 Å². The van der Waals surface area contributed by atoms with Crippen LogP contribution in [0.3, 0.4) is 0 Å². The fraction of sp³-hybridized carbons (Fsp3) is 0.278. The van der Waals surface area contributed by atoms with Crippen LogP contribution in [0.5, 0.6) is 0 Å². The number of nitrogen functional groups attached to an aromatic ring is 1. The third kappa shape index (κ3) is 2.77. The number of hydrogen-bond donors (Lipinski definition) is 1. The van der Waals surface area contributed by atoms with Crippen LogP contribution in [0.4, 0.5) is 5.69 Å². The second kappa shape index (κ2) is 5.60. The molecular formula is C18H20N2O. The summed E-state index contributed by atoms with van der Waals surface area (Å²) in [6, 6.07) is 14.0. The molecule has 3 nitrogen and oxygen atoms in total. The zero-order valence-corrected chi connectivity index (χ0v) is 12.3. The molecule has 108 valence electrons. The predicted octanol–water partition coefficient (Wildman–Crippen LogP) is 2.82. The molecule has 1 amide bonds. The van der Waals surface area contributed by atoms with Crippen molar-refractivity contribution in [1.82, 2.24) is 4.90 Å². The van der Waals surface area contributed by atoms with E-state index in [1.807, 2.05) is 24.0 Å². The third-order valence-corrected chi connectivity index (χ3v) is 4.23. The summed E-state index contributed by atoms with van der Waals surface area (Å²) in [7, 11) is 0. The lowest BCUT2D eigenvalue weighted by molar-refractivity contribution is 0.0763. The molecule has 0 bridgehead atoms. The zero-order valence-electron chi connectivity index (χ0n) is 12.3. The number of fused-ring (bicyclic) bond motifs is 1. The topological polar surface area (TPSA) is 46.3 Å². The van der Waals surface area contributed by atoms with Crippen molar-refractivity contribution in [3.8, 4) is 0 Å². The number of amides is 1. The summed E-state index contributed by atoms with van der Waals surface area (Å²) in [5, 5.41) is 0. The molecule has 1 aliphatic heterocycles. The minimum Gasteiger partial charge on any atom is -0.398 e. The molecule has 0 fully saturated rings. The molecule has 0 radical (unpaired) electrons. The monoisotopic (exact) mass is 280 g/mol. The summed E-state index contributed by atoms with van der Waals surface area (Å²) in [5.74, 6) is 0.0782. The van der Waals surface area contributed by atoms with Gasteiger partial charge in [0.1, 0.15) is 0 Å². The van der Waals surface area contributed by atoms with E-state index in [4.69, 9.17) is 5.73 Å². The highest BCUT2D eigenvalue weighted by molar-refractivity contribution is 5.95. The molecule has 3 heteroatoms. The molecule has 0 spiro atoms. The van der Waals surface area contributed by atoms with E-state index in [1.54, 1.807) is 6.07 Å². The van der Waals surface area contributed by atoms with Gasteiger partial charge >= 0.3 is 0 Å². The van der Waals surface area contributed by atoms with Crippen molar-refractivity contribution < 1.29 is 4.79 Å². The first kappa shape index (κ1) is 13.7. The van der Waals surface area contributed by atoms with Crippen molar-refractivity contribution >= 4 is 11.6 Å². The van der Waals surface area contributed by atoms with Gasteiger partial charge in [-0.2, -0.15) is 0 Å². The molecular weight excluding hydrogens is 260 g/mol. The minimum atomic E-state index is 0.0782. The van der Waals surface area contributed by atoms with Crippen molar-refractivity contribution in [3.05, 3.63) is 64.7 Å². The van der Waals surface area contributed by atoms with Gasteiger partial charge in [-0.1, -0.05) is 30.3 Å². The number of benzene rings is 2. The average Bonchev–Trinajstić information content (AvgIpc) is 2.72. The summed E-state index contributed by atoms with van der Waals surface area (Å²) in [5.41, 5.74) is 11.0. The molecule has 0 aliphatic carbocycles. The first-order valence-electron chi connectivity index (χ1n) is 7.37. The molecule has 0 unspecified atom stereocenters. The van der Waals surface area contributed by atoms with Crippen LogP contribution < -0.4 is 5.73 Å². The van der Waals surface area contributed by atoms with Crippen LogP contribution in [0.1, 0.15) is 27.0 Å². The molecule has 1 aliphatic rings. The molecule has 1 heterocycles. The third-order valence-electron chi connectivity index (χ3n) is 4.23. The normalized spacial score (nSPS) is 14.4. The largest absolute Gasteiger partial charge is 0.398 e. The lowest BCUT2D eigenvalue weighted by Gasteiger charge is -2.20. The van der Waals surface area contributed by atoms with Gasteiger partial charge in [0.25, 0.3) is 5.91 Å². The van der Waals surface area contributed by atoms with E-state index < -0.39 is 0 Å². The standard InChI is InChI=1S/C18H20N2O/c1-13-6-7-16(12-17(13)19)18(21)20-10-8-14-4-2-3-5-15(14)9-11-20/h2-7,12H,8-11,19H2,1H3. The Kier molecular flexibility index (Phi) is 3.65. The van der Waals surface area contributed by atoms with Crippen molar-refractivity contribution in [2.75, 3.05) is 18.8 Å². The van der Waals surface area contributed by atoms with Crippen LogP contribution in [0.15, 0.2) is 42.5 Å². The Bertz CT molecular complexity index is 652. The van der Waals surface area contributed by atoms with E-state index in [1.165, 1.54) is 11.1 Å². The fourth-order valence-electron chi connectivity index (χ4n) is 2.83. The van der Waals surface area contributed by atoms with Crippen LogP contribution in [-0.4, -0.2) is 23.9 Å². The molecule has 2 aromatic rings. The average molecular weight is 280 g/mol. The Labute approximate surface area is 125 Å². The maximum atomic E-state index is 12.6. The van der Waals surface area contributed by atoms with Crippen LogP contribution in [0, 0.1) is 6.92 Å². The van der Waals surface area contributed by atoms with Gasteiger partial charge in [0.05, 0.1) is 0 Å². The Morgan fingerprint density at radius 2 is 1.67 bits per heavy atom. The van der Waals surface area contributed by atoms with Crippen LogP contribution in [-0.2, 0) is 12.8 Å². The van der Waals surface area contributed by atoms with Crippen molar-refractivity contribution in [3.63, 3.8) is 0 Å². The number of aryl methyl sites for hydroxylation is 1. The number of hydrogen-bond acceptors (Lipinski definition) is 2. The lowest BCUT2D eigenvalue weighted by Crippen LogP contribution is -2.33. The smallest absolute Gasteiger partial charge is 0.253 e. The molecule has 0 saturated heterocycles. The molecule has 0 aromatic heterocycles. The first-order chi connectivity index (χ1) is 10.1. The SMILES string of the molecule is Cc1ccc(C(=O)N2CCc3ccccc3CC2)cc1N. The summed E-state index contributed by atoms with van der Waals surface area (Å²) >= 11 is 0. The zero-order chi connectivity index (χ0) is 14.8. The number of carbonyl (C=O) groups excluding carboxylic acids is 1. The van der Waals surface area contributed by atoms with Gasteiger partial charge in [-0.15, -0.1) is 0 Å². The van der Waals surface area contributed by atoms with Gasteiger partial charge in [0.15, 0.2) is 0 Å². The Morgan fingerprint density at radius 3 is 2.24 bits per heavy atom. The van der Waals surface area contributed by atoms with Gasteiger partial charge in [-0.3, -0.25) is 4.79 Å². The predicted molar refractivity (Wildman–Crippen MR) is 85.3 cm³/mol. The summed E-state index contributed by atoms with van der Waals surface area (Å²) in [6.07, 6.45) is 1.84. The number of rotatable bonds is 1. The van der Waals surface area contributed by atoms with Gasteiger partial charge in [-0.05, 0) is 48.6 Å². The quantitative estimate of drug-likeness (QED) is 0.816. The van der Waals surface area contributed by atoms with Gasteiger partial charge in [0.2, 0.25) is 0 Å². The van der Waals surface area contributed by atoms with E-state index in [9.17, 15) is 4.79 Å². The Hall–Kier alpha value is -2.29. The molecule has 21 heavy (non-hydrogen) atoms. The van der Waals surface area contributed by atoms with Gasteiger partial charge in [-0.25, -0.2) is 0 Å². The second-order valence-electron chi connectivity index (χ2n) is 5.63. The van der Waals surface area contributed by atoms with E-state index in [0.717, 1.165) is 31.5 Å². The molecule has 2 aromatic carbocycles. The van der Waals surface area contributed by atoms with Crippen molar-refractivity contribution in [2.24, 2.45) is 0 Å². The van der Waals surface area contributed by atoms with E-state index in [-0.39, 0.29) is 5.91 Å². The van der Waals surface area contributed by atoms with E-state index in [2.05, 4.69) is 24.3 Å². The number of nitrogens with two attached hydrogens (primary N) is 1. The fourth-order valence-corrected chi connectivity index (χ4v) is 2.83. The second-order valence-corrected chi connectivity index (χ2v) is 5.63. The van der Waals surface area contributed by atoms with Gasteiger partial charge in [0, 0.05) is 24.3 Å². The van der Waals surface area contributed by atoms with Crippen LogP contribution >= 0.6 is 0 Å². The maximum absolute atomic E-state index is 12.6. The number of anilines is 1. The lowest BCUT2D eigenvalue weighted by atomic mass is 10.0. The van der Waals surface area contributed by atoms with E-state index in [0.29, 0.717) is 11.3 Å². The summed E-state index contributed by atoms with van der Waals surface area (Å²) in [4.78, 5) is 14.6. The Balaban J connectivity index is 1.79. The highest BCUT2D eigenvalue weighted by Crippen LogP contribution is 2.19. The van der Waals surface area contributed by atoms with E-state index >= 15 is 0 Å². The van der Waals surface area contributed by atoms with Gasteiger partial charge < -0.3 is 10.6 Å². The van der Waals surface area contributed by atoms with Crippen LogP contribution in [0.2, 0.25) is 0 Å². The Morgan fingerprint density at radius 1 is 1.05 bits per heavy atom. The first-order valence-corrected chi connectivity index (χ1v) is 7.37. The molecule has 2 N–H and O–H groups in total. The highest BCUT2D eigenvalue weighted by Gasteiger charge is 2.19. The minimum absolute atomic E-state index is 0.0782. The molecule has 0 atom stereocenters. The molecule has 3 rings (SSSR count). The summed E-state index contributed by atoms with van der Waals surface area (Å²) < 4.78 is 0. The van der Waals surface area contributed by atoms with Crippen LogP contribution in [0.25, 0.3) is 0 Å². The maximum Gasteiger partial charge on any atom is 0.253 e. The number of carbonyl (C=O) groups is 1.